The van der Waals surface area contributed by atoms with Crippen molar-refractivity contribution in [3.05, 3.63) is 46.2 Å². The molecule has 0 radical (unpaired) electrons. The van der Waals surface area contributed by atoms with Gasteiger partial charge in [0.15, 0.2) is 0 Å². The second-order valence-corrected chi connectivity index (χ2v) is 9.19. The number of aromatic nitrogens is 1. The molecule has 6 nitrogen and oxygen atoms in total. The van der Waals surface area contributed by atoms with Gasteiger partial charge in [-0.05, 0) is 63.0 Å². The maximum Gasteiger partial charge on any atom is 0.273 e. The van der Waals surface area contributed by atoms with Crippen LogP contribution in [0.4, 0.5) is 4.39 Å². The van der Waals surface area contributed by atoms with Crippen LogP contribution in [0.1, 0.15) is 28.3 Å². The minimum atomic E-state index is -0.595. The molecule has 1 aliphatic carbocycles. The zero-order chi connectivity index (χ0) is 20.5. The van der Waals surface area contributed by atoms with Crippen molar-refractivity contribution in [3.8, 4) is 5.75 Å². The number of amides is 1. The minimum absolute atomic E-state index is 0.0360. The number of halogens is 1. The van der Waals surface area contributed by atoms with Crippen molar-refractivity contribution in [2.75, 3.05) is 27.2 Å². The van der Waals surface area contributed by atoms with E-state index in [2.05, 4.69) is 4.98 Å². The van der Waals surface area contributed by atoms with Crippen LogP contribution in [0.3, 0.4) is 0 Å². The van der Waals surface area contributed by atoms with Crippen molar-refractivity contribution >= 4 is 17.2 Å². The van der Waals surface area contributed by atoms with E-state index >= 15 is 0 Å². The number of rotatable bonds is 5. The highest BCUT2D eigenvalue weighted by atomic mass is 32.1. The van der Waals surface area contributed by atoms with Crippen molar-refractivity contribution in [2.45, 2.75) is 31.6 Å². The predicted octanol–water partition coefficient (Wildman–Crippen LogP) is 2.63. The van der Waals surface area contributed by atoms with E-state index in [0.29, 0.717) is 37.4 Å². The largest absolute Gasteiger partial charge is 0.488 e. The third-order valence-corrected chi connectivity index (χ3v) is 6.53. The summed E-state index contributed by atoms with van der Waals surface area (Å²) in [6.45, 7) is 2.02. The summed E-state index contributed by atoms with van der Waals surface area (Å²) in [4.78, 5) is 21.3. The lowest BCUT2D eigenvalue weighted by atomic mass is 9.78. The Morgan fingerprint density at radius 2 is 1.97 bits per heavy atom. The molecule has 2 heterocycles. The molecule has 2 aliphatic rings. The molecule has 1 N–H and O–H groups in total. The number of ether oxygens (including phenoxy) is 1. The summed E-state index contributed by atoms with van der Waals surface area (Å²) in [5.74, 6) is 0.749. The molecular formula is C21H26FN3O3S. The van der Waals surface area contributed by atoms with Crippen molar-refractivity contribution < 1.29 is 19.0 Å². The van der Waals surface area contributed by atoms with E-state index < -0.39 is 6.10 Å². The Balaban J connectivity index is 1.38. The Kier molecular flexibility index (Phi) is 5.85. The second kappa shape index (κ2) is 8.38. The Hall–Kier alpha value is -2.03. The van der Waals surface area contributed by atoms with E-state index in [1.165, 1.54) is 23.5 Å². The fourth-order valence-electron chi connectivity index (χ4n) is 4.28. The van der Waals surface area contributed by atoms with E-state index in [9.17, 15) is 14.3 Å². The van der Waals surface area contributed by atoms with Crippen LogP contribution in [0.5, 0.6) is 5.75 Å². The zero-order valence-corrected chi connectivity index (χ0v) is 17.4. The summed E-state index contributed by atoms with van der Waals surface area (Å²) < 4.78 is 19.0. The fourth-order valence-corrected chi connectivity index (χ4v) is 5.17. The molecule has 1 saturated heterocycles. The van der Waals surface area contributed by atoms with Crippen molar-refractivity contribution in [1.29, 1.82) is 0 Å². The van der Waals surface area contributed by atoms with E-state index in [0.717, 1.165) is 11.6 Å². The molecule has 4 atom stereocenters. The van der Waals surface area contributed by atoms with Crippen LogP contribution in [-0.2, 0) is 6.54 Å². The van der Waals surface area contributed by atoms with Gasteiger partial charge < -0.3 is 19.6 Å². The Bertz CT molecular complexity index is 857. The first-order valence-electron chi connectivity index (χ1n) is 9.87. The molecule has 0 spiro atoms. The van der Waals surface area contributed by atoms with Gasteiger partial charge in [0, 0.05) is 25.0 Å². The molecule has 8 heteroatoms. The molecule has 29 heavy (non-hydrogen) atoms. The van der Waals surface area contributed by atoms with Gasteiger partial charge in [-0.2, -0.15) is 0 Å². The molecule has 0 unspecified atom stereocenters. The molecular weight excluding hydrogens is 393 g/mol. The van der Waals surface area contributed by atoms with E-state index in [1.54, 1.807) is 12.1 Å². The average Bonchev–Trinajstić information content (AvgIpc) is 3.29. The van der Waals surface area contributed by atoms with Crippen LogP contribution >= 0.6 is 11.3 Å². The third kappa shape index (κ3) is 4.60. The maximum absolute atomic E-state index is 13.1. The van der Waals surface area contributed by atoms with E-state index in [-0.39, 0.29) is 29.7 Å². The molecule has 2 fully saturated rings. The number of thiazole rings is 1. The van der Waals surface area contributed by atoms with Crippen LogP contribution in [0.25, 0.3) is 0 Å². The summed E-state index contributed by atoms with van der Waals surface area (Å²) in [5.41, 5.74) is 0.505. The number of aliphatic hydroxyl groups excluding tert-OH is 1. The van der Waals surface area contributed by atoms with Gasteiger partial charge in [0.1, 0.15) is 28.4 Å². The number of benzene rings is 1. The van der Waals surface area contributed by atoms with Crippen LogP contribution in [-0.4, -0.2) is 65.2 Å². The lowest BCUT2D eigenvalue weighted by Gasteiger charge is -2.35. The molecule has 1 amide bonds. The normalized spacial score (nSPS) is 26.6. The number of hydrogen-bond donors (Lipinski definition) is 1. The van der Waals surface area contributed by atoms with Gasteiger partial charge in [-0.1, -0.05) is 0 Å². The summed E-state index contributed by atoms with van der Waals surface area (Å²) in [5, 5.41) is 13.3. The lowest BCUT2D eigenvalue weighted by molar-refractivity contribution is -0.0231. The predicted molar refractivity (Wildman–Crippen MR) is 108 cm³/mol. The summed E-state index contributed by atoms with van der Waals surface area (Å²) >= 11 is 1.51. The quantitative estimate of drug-likeness (QED) is 0.807. The monoisotopic (exact) mass is 419 g/mol. The maximum atomic E-state index is 13.1. The Labute approximate surface area is 173 Å². The average molecular weight is 420 g/mol. The van der Waals surface area contributed by atoms with Crippen LogP contribution in [0.2, 0.25) is 0 Å². The number of hydrogen-bond acceptors (Lipinski definition) is 6. The molecule has 1 aromatic carbocycles. The number of carbonyl (C=O) groups is 1. The standard InChI is InChI=1S/C21H26FN3O3S/c1-24(2)11-20-23-17(12-29-20)21(27)25-9-13-7-18(26)19(8-14(13)10-25)28-16-5-3-15(22)4-6-16/h3-6,12-14,18-19,26H,7-11H2,1-2H3/t13-,14+,18+,19+/m0/s1. The van der Waals surface area contributed by atoms with Gasteiger partial charge in [0.05, 0.1) is 6.10 Å². The minimum Gasteiger partial charge on any atom is -0.488 e. The molecule has 4 rings (SSSR count). The number of likely N-dealkylation sites (tertiary alicyclic amines) is 1. The van der Waals surface area contributed by atoms with Gasteiger partial charge in [0.25, 0.3) is 5.91 Å². The lowest BCUT2D eigenvalue weighted by Crippen LogP contribution is -2.42. The van der Waals surface area contributed by atoms with Gasteiger partial charge in [-0.15, -0.1) is 11.3 Å². The van der Waals surface area contributed by atoms with Crippen molar-refractivity contribution in [3.63, 3.8) is 0 Å². The Morgan fingerprint density at radius 3 is 2.66 bits per heavy atom. The third-order valence-electron chi connectivity index (χ3n) is 5.70. The SMILES string of the molecule is CN(C)Cc1nc(C(=O)N2C[C@H]3C[C@@H](Oc4ccc(F)cc4)[C@H](O)C[C@H]3C2)cs1. The number of nitrogens with zero attached hydrogens (tertiary/aromatic N) is 3. The van der Waals surface area contributed by atoms with E-state index in [4.69, 9.17) is 4.74 Å². The van der Waals surface area contributed by atoms with Gasteiger partial charge >= 0.3 is 0 Å². The topological polar surface area (TPSA) is 65.9 Å². The number of fused-ring (bicyclic) bond motifs is 1. The van der Waals surface area contributed by atoms with Gasteiger partial charge in [-0.3, -0.25) is 4.79 Å². The summed E-state index contributed by atoms with van der Waals surface area (Å²) in [6.07, 6.45) is 0.337. The molecule has 1 saturated carbocycles. The highest BCUT2D eigenvalue weighted by molar-refractivity contribution is 7.09. The fraction of sp³-hybridized carbons (Fsp3) is 0.524. The van der Waals surface area contributed by atoms with Crippen LogP contribution in [0.15, 0.2) is 29.6 Å². The molecule has 2 aromatic rings. The zero-order valence-electron chi connectivity index (χ0n) is 16.6. The highest BCUT2D eigenvalue weighted by Crippen LogP contribution is 2.38. The molecule has 1 aromatic heterocycles. The molecule has 1 aliphatic heterocycles. The summed E-state index contributed by atoms with van der Waals surface area (Å²) in [7, 11) is 3.95. The number of aliphatic hydroxyl groups is 1. The van der Waals surface area contributed by atoms with Crippen molar-refractivity contribution in [1.82, 2.24) is 14.8 Å². The smallest absolute Gasteiger partial charge is 0.273 e. The van der Waals surface area contributed by atoms with Crippen molar-refractivity contribution in [2.24, 2.45) is 11.8 Å². The first kappa shape index (κ1) is 20.3. The highest BCUT2D eigenvalue weighted by Gasteiger charge is 2.44. The van der Waals surface area contributed by atoms with Gasteiger partial charge in [-0.25, -0.2) is 9.37 Å². The van der Waals surface area contributed by atoms with E-state index in [1.807, 2.05) is 29.3 Å². The molecule has 0 bridgehead atoms. The first-order chi connectivity index (χ1) is 13.9. The van der Waals surface area contributed by atoms with Crippen LogP contribution in [0, 0.1) is 17.7 Å². The first-order valence-corrected chi connectivity index (χ1v) is 10.8. The summed E-state index contributed by atoms with van der Waals surface area (Å²) in [6, 6.07) is 5.85. The molecule has 156 valence electrons. The van der Waals surface area contributed by atoms with Crippen LogP contribution < -0.4 is 4.74 Å². The Morgan fingerprint density at radius 1 is 1.28 bits per heavy atom. The number of carbonyl (C=O) groups excluding carboxylic acids is 1. The second-order valence-electron chi connectivity index (χ2n) is 8.24. The van der Waals surface area contributed by atoms with Gasteiger partial charge in [0.2, 0.25) is 0 Å².